The van der Waals surface area contributed by atoms with Crippen LogP contribution in [0.2, 0.25) is 0 Å². The van der Waals surface area contributed by atoms with E-state index in [0.29, 0.717) is 18.4 Å². The van der Waals surface area contributed by atoms with E-state index in [9.17, 15) is 8.78 Å². The van der Waals surface area contributed by atoms with E-state index in [4.69, 9.17) is 5.11 Å². The molecular weight excluding hydrogens is 270 g/mol. The Hall–Kier alpha value is -1.77. The van der Waals surface area contributed by atoms with E-state index >= 15 is 0 Å². The third kappa shape index (κ3) is 4.72. The second kappa shape index (κ2) is 7.73. The Balaban J connectivity index is 3.10. The molecule has 1 heterocycles. The molecule has 114 valence electrons. The average Bonchev–Trinajstić information content (AvgIpc) is 2.37. The Labute approximate surface area is 116 Å². The van der Waals surface area contributed by atoms with Gasteiger partial charge in [-0.05, 0) is 6.92 Å². The SMILES string of the molecule is CCNc1nc(N(C)C)nc(N(CCO)CC(F)F)n1. The maximum Gasteiger partial charge on any atom is 0.255 e. The van der Waals surface area contributed by atoms with Gasteiger partial charge in [0.1, 0.15) is 0 Å². The molecule has 0 aliphatic heterocycles. The fourth-order valence-corrected chi connectivity index (χ4v) is 1.49. The zero-order valence-corrected chi connectivity index (χ0v) is 11.8. The molecule has 20 heavy (non-hydrogen) atoms. The molecular formula is C11H20F2N6O. The van der Waals surface area contributed by atoms with E-state index in [2.05, 4.69) is 20.3 Å². The predicted octanol–water partition coefficient (Wildman–Crippen LogP) is 0.433. The van der Waals surface area contributed by atoms with Gasteiger partial charge in [0, 0.05) is 27.2 Å². The molecule has 0 aromatic carbocycles. The number of halogens is 2. The van der Waals surface area contributed by atoms with Crippen molar-refractivity contribution in [3.05, 3.63) is 0 Å². The number of nitrogens with zero attached hydrogens (tertiary/aromatic N) is 5. The Kier molecular flexibility index (Phi) is 6.29. The van der Waals surface area contributed by atoms with Crippen LogP contribution in [0.15, 0.2) is 0 Å². The van der Waals surface area contributed by atoms with Gasteiger partial charge in [-0.25, -0.2) is 8.78 Å². The highest BCUT2D eigenvalue weighted by Crippen LogP contribution is 2.16. The Morgan fingerprint density at radius 3 is 2.35 bits per heavy atom. The quantitative estimate of drug-likeness (QED) is 0.719. The van der Waals surface area contributed by atoms with Gasteiger partial charge in [-0.15, -0.1) is 0 Å². The number of aliphatic hydroxyl groups excluding tert-OH is 1. The summed E-state index contributed by atoms with van der Waals surface area (Å²) in [6.45, 7) is 1.72. The molecule has 0 aliphatic carbocycles. The number of rotatable bonds is 8. The first-order valence-corrected chi connectivity index (χ1v) is 6.29. The van der Waals surface area contributed by atoms with E-state index < -0.39 is 13.0 Å². The summed E-state index contributed by atoms with van der Waals surface area (Å²) in [4.78, 5) is 15.3. The number of nitrogens with one attached hydrogen (secondary N) is 1. The fraction of sp³-hybridized carbons (Fsp3) is 0.727. The van der Waals surface area contributed by atoms with Crippen LogP contribution in [0, 0.1) is 0 Å². The minimum Gasteiger partial charge on any atom is -0.395 e. The predicted molar refractivity (Wildman–Crippen MR) is 73.6 cm³/mol. The second-order valence-electron chi connectivity index (χ2n) is 4.24. The standard InChI is InChI=1S/C11H20F2N6O/c1-4-14-9-15-10(18(2)3)17-11(16-9)19(5-6-20)7-8(12)13/h8,20H,4-7H2,1-3H3,(H,14,15,16,17). The van der Waals surface area contributed by atoms with Crippen molar-refractivity contribution in [1.82, 2.24) is 15.0 Å². The van der Waals surface area contributed by atoms with Crippen molar-refractivity contribution >= 4 is 17.8 Å². The lowest BCUT2D eigenvalue weighted by atomic mass is 10.5. The van der Waals surface area contributed by atoms with Gasteiger partial charge in [0.15, 0.2) is 0 Å². The Morgan fingerprint density at radius 2 is 1.85 bits per heavy atom. The van der Waals surface area contributed by atoms with Crippen LogP contribution in [-0.4, -0.2) is 66.8 Å². The van der Waals surface area contributed by atoms with Crippen molar-refractivity contribution in [3.8, 4) is 0 Å². The van der Waals surface area contributed by atoms with Crippen LogP contribution < -0.4 is 15.1 Å². The minimum absolute atomic E-state index is 0.0345. The van der Waals surface area contributed by atoms with Gasteiger partial charge in [0.2, 0.25) is 17.8 Å². The second-order valence-corrected chi connectivity index (χ2v) is 4.24. The first-order valence-electron chi connectivity index (χ1n) is 6.29. The molecule has 7 nitrogen and oxygen atoms in total. The molecule has 0 unspecified atom stereocenters. The van der Waals surface area contributed by atoms with E-state index in [0.717, 1.165) is 0 Å². The molecule has 0 saturated carbocycles. The first kappa shape index (κ1) is 16.3. The van der Waals surface area contributed by atoms with Gasteiger partial charge >= 0.3 is 0 Å². The van der Waals surface area contributed by atoms with Crippen LogP contribution in [0.3, 0.4) is 0 Å². The monoisotopic (exact) mass is 290 g/mol. The van der Waals surface area contributed by atoms with E-state index in [1.165, 1.54) is 4.90 Å². The first-order chi connectivity index (χ1) is 9.47. The van der Waals surface area contributed by atoms with Crippen molar-refractivity contribution in [1.29, 1.82) is 0 Å². The number of hydrogen-bond donors (Lipinski definition) is 2. The summed E-state index contributed by atoms with van der Waals surface area (Å²) in [5.41, 5.74) is 0. The summed E-state index contributed by atoms with van der Waals surface area (Å²) in [5.74, 6) is 0.801. The lowest BCUT2D eigenvalue weighted by Gasteiger charge is -2.23. The van der Waals surface area contributed by atoms with E-state index in [1.807, 2.05) is 6.92 Å². The lowest BCUT2D eigenvalue weighted by Crippen LogP contribution is -2.34. The van der Waals surface area contributed by atoms with Crippen LogP contribution in [-0.2, 0) is 0 Å². The van der Waals surface area contributed by atoms with Crippen molar-refractivity contribution in [2.45, 2.75) is 13.3 Å². The number of anilines is 3. The molecule has 0 radical (unpaired) electrons. The maximum atomic E-state index is 12.6. The molecule has 0 fully saturated rings. The van der Waals surface area contributed by atoms with Gasteiger partial charge < -0.3 is 20.2 Å². The molecule has 0 atom stereocenters. The smallest absolute Gasteiger partial charge is 0.255 e. The van der Waals surface area contributed by atoms with Crippen LogP contribution in [0.4, 0.5) is 26.6 Å². The van der Waals surface area contributed by atoms with Crippen molar-refractivity contribution in [2.24, 2.45) is 0 Å². The summed E-state index contributed by atoms with van der Waals surface area (Å²) >= 11 is 0. The van der Waals surface area contributed by atoms with Crippen LogP contribution >= 0.6 is 0 Å². The molecule has 0 spiro atoms. The minimum atomic E-state index is -2.54. The summed E-state index contributed by atoms with van der Waals surface area (Å²) in [7, 11) is 3.50. The number of alkyl halides is 2. The lowest BCUT2D eigenvalue weighted by molar-refractivity contribution is 0.152. The Bertz CT molecular complexity index is 418. The summed E-state index contributed by atoms with van der Waals surface area (Å²) in [6, 6.07) is 0. The molecule has 0 bridgehead atoms. The highest BCUT2D eigenvalue weighted by molar-refractivity contribution is 5.44. The molecule has 1 aromatic rings. The van der Waals surface area contributed by atoms with Gasteiger partial charge in [0.05, 0.1) is 13.2 Å². The third-order valence-corrected chi connectivity index (χ3v) is 2.36. The number of aliphatic hydroxyl groups is 1. The van der Waals surface area contributed by atoms with Gasteiger partial charge in [0.25, 0.3) is 6.43 Å². The van der Waals surface area contributed by atoms with Crippen molar-refractivity contribution in [2.75, 3.05) is 55.5 Å². The summed E-state index contributed by atoms with van der Waals surface area (Å²) in [5, 5.41) is 11.9. The fourth-order valence-electron chi connectivity index (χ4n) is 1.49. The van der Waals surface area contributed by atoms with Crippen LogP contribution in [0.25, 0.3) is 0 Å². The molecule has 2 N–H and O–H groups in total. The van der Waals surface area contributed by atoms with E-state index in [1.54, 1.807) is 19.0 Å². The number of aromatic nitrogens is 3. The molecule has 9 heteroatoms. The number of hydrogen-bond acceptors (Lipinski definition) is 7. The maximum absolute atomic E-state index is 12.6. The third-order valence-electron chi connectivity index (χ3n) is 2.36. The topological polar surface area (TPSA) is 77.4 Å². The highest BCUT2D eigenvalue weighted by atomic mass is 19.3. The average molecular weight is 290 g/mol. The van der Waals surface area contributed by atoms with Gasteiger partial charge in [-0.2, -0.15) is 15.0 Å². The summed E-state index contributed by atoms with van der Waals surface area (Å²) in [6.07, 6.45) is -2.54. The van der Waals surface area contributed by atoms with Gasteiger partial charge in [-0.1, -0.05) is 0 Å². The molecule has 1 aromatic heterocycles. The molecule has 0 aliphatic rings. The largest absolute Gasteiger partial charge is 0.395 e. The normalized spacial score (nSPS) is 10.8. The van der Waals surface area contributed by atoms with Crippen molar-refractivity contribution < 1.29 is 13.9 Å². The van der Waals surface area contributed by atoms with Gasteiger partial charge in [-0.3, -0.25) is 0 Å². The molecule has 0 saturated heterocycles. The van der Waals surface area contributed by atoms with Crippen LogP contribution in [0.5, 0.6) is 0 Å². The molecule has 0 amide bonds. The zero-order chi connectivity index (χ0) is 15.1. The van der Waals surface area contributed by atoms with Crippen molar-refractivity contribution in [3.63, 3.8) is 0 Å². The Morgan fingerprint density at radius 1 is 1.20 bits per heavy atom. The summed E-state index contributed by atoms with van der Waals surface area (Å²) < 4.78 is 25.2. The zero-order valence-electron chi connectivity index (χ0n) is 11.8. The van der Waals surface area contributed by atoms with E-state index in [-0.39, 0.29) is 19.1 Å². The van der Waals surface area contributed by atoms with Crippen LogP contribution in [0.1, 0.15) is 6.92 Å². The highest BCUT2D eigenvalue weighted by Gasteiger charge is 2.17. The molecule has 1 rings (SSSR count).